The largest absolute Gasteiger partial charge is 0.463 e. The molecule has 114 valence electrons. The van der Waals surface area contributed by atoms with E-state index < -0.39 is 18.2 Å². The summed E-state index contributed by atoms with van der Waals surface area (Å²) in [5.74, 6) is -0.149. The second kappa shape index (κ2) is 8.97. The standard InChI is InChI=1S/C14H21ClO5/c1-10(16)18-9-14-13(19-11(2)17)7-6-12(20-14)5-3-4-8-15/h6-7,12-14H,3-5,8-9H2,1-2H3/t12?,13-,14+/m0/s1. The van der Waals surface area contributed by atoms with E-state index in [9.17, 15) is 9.59 Å². The highest BCUT2D eigenvalue weighted by atomic mass is 35.5. The molecule has 0 saturated heterocycles. The number of halogens is 1. The number of rotatable bonds is 7. The molecule has 0 bridgehead atoms. The summed E-state index contributed by atoms with van der Waals surface area (Å²) in [6, 6.07) is 0. The second-order valence-corrected chi connectivity index (χ2v) is 5.04. The van der Waals surface area contributed by atoms with Gasteiger partial charge in [0.2, 0.25) is 0 Å². The van der Waals surface area contributed by atoms with Crippen molar-refractivity contribution in [2.45, 2.75) is 51.4 Å². The summed E-state index contributed by atoms with van der Waals surface area (Å²) in [4.78, 5) is 21.9. The summed E-state index contributed by atoms with van der Waals surface area (Å²) in [5, 5.41) is 0. The second-order valence-electron chi connectivity index (χ2n) is 4.66. The lowest BCUT2D eigenvalue weighted by Gasteiger charge is -2.31. The highest BCUT2D eigenvalue weighted by molar-refractivity contribution is 6.17. The maximum Gasteiger partial charge on any atom is 0.303 e. The molecule has 0 amide bonds. The molecule has 1 rings (SSSR count). The van der Waals surface area contributed by atoms with Gasteiger partial charge in [0, 0.05) is 19.7 Å². The van der Waals surface area contributed by atoms with Gasteiger partial charge in [-0.3, -0.25) is 9.59 Å². The van der Waals surface area contributed by atoms with Crippen molar-refractivity contribution in [3.63, 3.8) is 0 Å². The Bertz CT molecular complexity index is 355. The zero-order valence-corrected chi connectivity index (χ0v) is 12.6. The molecule has 0 radical (unpaired) electrons. The molecule has 0 spiro atoms. The van der Waals surface area contributed by atoms with Crippen molar-refractivity contribution in [3.05, 3.63) is 12.2 Å². The van der Waals surface area contributed by atoms with Crippen LogP contribution in [-0.2, 0) is 23.8 Å². The van der Waals surface area contributed by atoms with Crippen molar-refractivity contribution in [1.82, 2.24) is 0 Å². The van der Waals surface area contributed by atoms with Gasteiger partial charge in [-0.15, -0.1) is 11.6 Å². The van der Waals surface area contributed by atoms with Crippen LogP contribution in [0.5, 0.6) is 0 Å². The number of esters is 2. The molecular weight excluding hydrogens is 284 g/mol. The first-order valence-electron chi connectivity index (χ1n) is 6.73. The number of carbonyl (C=O) groups is 2. The van der Waals surface area contributed by atoms with Crippen LogP contribution in [0.25, 0.3) is 0 Å². The molecule has 5 nitrogen and oxygen atoms in total. The maximum absolute atomic E-state index is 11.1. The van der Waals surface area contributed by atoms with Gasteiger partial charge in [0.15, 0.2) is 0 Å². The first kappa shape index (κ1) is 17.0. The Labute approximate surface area is 124 Å². The van der Waals surface area contributed by atoms with Crippen molar-refractivity contribution in [1.29, 1.82) is 0 Å². The molecule has 0 fully saturated rings. The highest BCUT2D eigenvalue weighted by Gasteiger charge is 2.30. The lowest BCUT2D eigenvalue weighted by atomic mass is 10.1. The SMILES string of the molecule is CC(=O)OC[C@H]1OC(CCCCCl)C=C[C@@H]1OC(C)=O. The fourth-order valence-corrected chi connectivity index (χ4v) is 2.14. The van der Waals surface area contributed by atoms with Gasteiger partial charge in [-0.25, -0.2) is 0 Å². The molecule has 0 aromatic heterocycles. The summed E-state index contributed by atoms with van der Waals surface area (Å²) in [6.45, 7) is 2.74. The summed E-state index contributed by atoms with van der Waals surface area (Å²) in [5.41, 5.74) is 0. The van der Waals surface area contributed by atoms with Crippen LogP contribution >= 0.6 is 11.6 Å². The first-order chi connectivity index (χ1) is 9.52. The molecule has 1 aliphatic heterocycles. The minimum atomic E-state index is -0.517. The molecule has 0 saturated carbocycles. The average molecular weight is 305 g/mol. The van der Waals surface area contributed by atoms with Gasteiger partial charge in [0.1, 0.15) is 18.8 Å². The zero-order valence-electron chi connectivity index (χ0n) is 11.8. The van der Waals surface area contributed by atoms with E-state index in [0.29, 0.717) is 5.88 Å². The van der Waals surface area contributed by atoms with Crippen LogP contribution in [-0.4, -0.2) is 42.7 Å². The summed E-state index contributed by atoms with van der Waals surface area (Å²) in [7, 11) is 0. The van der Waals surface area contributed by atoms with Gasteiger partial charge < -0.3 is 14.2 Å². The van der Waals surface area contributed by atoms with Crippen LogP contribution in [0.3, 0.4) is 0 Å². The Morgan fingerprint density at radius 1 is 1.20 bits per heavy atom. The van der Waals surface area contributed by atoms with E-state index >= 15 is 0 Å². The van der Waals surface area contributed by atoms with Crippen molar-refractivity contribution >= 4 is 23.5 Å². The molecule has 6 heteroatoms. The lowest BCUT2D eigenvalue weighted by Crippen LogP contribution is -2.41. The van der Waals surface area contributed by atoms with E-state index in [1.54, 1.807) is 6.08 Å². The van der Waals surface area contributed by atoms with Gasteiger partial charge in [0.05, 0.1) is 6.10 Å². The van der Waals surface area contributed by atoms with Gasteiger partial charge in [-0.1, -0.05) is 6.08 Å². The summed E-state index contributed by atoms with van der Waals surface area (Å²) in [6.07, 6.45) is 5.35. The number of alkyl halides is 1. The Kier molecular flexibility index (Phi) is 7.62. The number of hydrogen-bond donors (Lipinski definition) is 0. The Morgan fingerprint density at radius 2 is 1.95 bits per heavy atom. The van der Waals surface area contributed by atoms with Crippen molar-refractivity contribution in [2.24, 2.45) is 0 Å². The predicted molar refractivity (Wildman–Crippen MR) is 74.6 cm³/mol. The van der Waals surface area contributed by atoms with E-state index in [-0.39, 0.29) is 18.7 Å². The maximum atomic E-state index is 11.1. The normalized spacial score (nSPS) is 25.2. The molecule has 0 aromatic carbocycles. The Hall–Kier alpha value is -1.07. The third-order valence-electron chi connectivity index (χ3n) is 2.86. The highest BCUT2D eigenvalue weighted by Crippen LogP contribution is 2.20. The molecule has 20 heavy (non-hydrogen) atoms. The van der Waals surface area contributed by atoms with E-state index in [1.165, 1.54) is 13.8 Å². The van der Waals surface area contributed by atoms with Crippen molar-refractivity contribution in [3.8, 4) is 0 Å². The molecule has 0 aromatic rings. The van der Waals surface area contributed by atoms with Crippen molar-refractivity contribution < 1.29 is 23.8 Å². The minimum Gasteiger partial charge on any atom is -0.463 e. The van der Waals surface area contributed by atoms with Crippen LogP contribution in [0.2, 0.25) is 0 Å². The van der Waals surface area contributed by atoms with Gasteiger partial charge in [0.25, 0.3) is 0 Å². The number of hydrogen-bond acceptors (Lipinski definition) is 5. The number of unbranched alkanes of at least 4 members (excludes halogenated alkanes) is 1. The van der Waals surface area contributed by atoms with E-state index in [0.717, 1.165) is 19.3 Å². The third-order valence-corrected chi connectivity index (χ3v) is 3.12. The molecule has 0 aliphatic carbocycles. The fraction of sp³-hybridized carbons (Fsp3) is 0.714. The Morgan fingerprint density at radius 3 is 2.55 bits per heavy atom. The van der Waals surface area contributed by atoms with Gasteiger partial charge in [-0.2, -0.15) is 0 Å². The third kappa shape index (κ3) is 6.39. The lowest BCUT2D eigenvalue weighted by molar-refractivity contribution is -0.163. The van der Waals surface area contributed by atoms with E-state index in [4.69, 9.17) is 25.8 Å². The number of ether oxygens (including phenoxy) is 3. The minimum absolute atomic E-state index is 0.0643. The van der Waals surface area contributed by atoms with Crippen LogP contribution in [0.15, 0.2) is 12.2 Å². The number of carbonyl (C=O) groups excluding carboxylic acids is 2. The van der Waals surface area contributed by atoms with E-state index in [1.807, 2.05) is 6.08 Å². The van der Waals surface area contributed by atoms with Crippen molar-refractivity contribution in [2.75, 3.05) is 12.5 Å². The van der Waals surface area contributed by atoms with Crippen LogP contribution in [0.4, 0.5) is 0 Å². The molecule has 1 aliphatic rings. The predicted octanol–water partition coefficient (Wildman–Crippen LogP) is 2.21. The molecular formula is C14H21ClO5. The summed E-state index contributed by atoms with van der Waals surface area (Å²) < 4.78 is 15.9. The topological polar surface area (TPSA) is 61.8 Å². The average Bonchev–Trinajstić information content (AvgIpc) is 2.38. The van der Waals surface area contributed by atoms with Crippen LogP contribution in [0, 0.1) is 0 Å². The van der Waals surface area contributed by atoms with Gasteiger partial charge in [-0.05, 0) is 25.3 Å². The van der Waals surface area contributed by atoms with Gasteiger partial charge >= 0.3 is 11.9 Å². The molecule has 0 N–H and O–H groups in total. The monoisotopic (exact) mass is 304 g/mol. The smallest absolute Gasteiger partial charge is 0.303 e. The molecule has 1 unspecified atom stereocenters. The fourth-order valence-electron chi connectivity index (χ4n) is 1.95. The molecule has 1 heterocycles. The van der Waals surface area contributed by atoms with E-state index in [2.05, 4.69) is 0 Å². The summed E-state index contributed by atoms with van der Waals surface area (Å²) >= 11 is 5.64. The quantitative estimate of drug-likeness (QED) is 0.312. The van der Waals surface area contributed by atoms with Crippen LogP contribution in [0.1, 0.15) is 33.1 Å². The first-order valence-corrected chi connectivity index (χ1v) is 7.26. The van der Waals surface area contributed by atoms with Crippen LogP contribution < -0.4 is 0 Å². The Balaban J connectivity index is 2.56. The zero-order chi connectivity index (χ0) is 15.0. The molecule has 3 atom stereocenters.